The smallest absolute Gasteiger partial charge is 0.0707 e. The summed E-state index contributed by atoms with van der Waals surface area (Å²) in [7, 11) is 1.73. The first kappa shape index (κ1) is 11.7. The van der Waals surface area contributed by atoms with Crippen molar-refractivity contribution in [1.82, 2.24) is 0 Å². The van der Waals surface area contributed by atoms with Crippen molar-refractivity contribution in [3.63, 3.8) is 0 Å². The van der Waals surface area contributed by atoms with Gasteiger partial charge in [0.05, 0.1) is 12.2 Å². The standard InChI is InChI=1S/C10H20O2/c1-9(2)10(3,12-4)7-5-6-8-11/h5-6,9,11H,7-8H2,1-4H3. The van der Waals surface area contributed by atoms with Crippen molar-refractivity contribution in [3.05, 3.63) is 12.2 Å². The molecule has 0 saturated carbocycles. The number of hydrogen-bond donors (Lipinski definition) is 1. The van der Waals surface area contributed by atoms with Crippen molar-refractivity contribution in [3.8, 4) is 0 Å². The van der Waals surface area contributed by atoms with Gasteiger partial charge in [-0.1, -0.05) is 26.0 Å². The SMILES string of the molecule is COC(C)(CC=CCO)C(C)C. The molecule has 0 aromatic heterocycles. The molecule has 12 heavy (non-hydrogen) atoms. The first-order valence-electron chi connectivity index (χ1n) is 4.38. The third-order valence-corrected chi connectivity index (χ3v) is 2.48. The molecule has 1 unspecified atom stereocenters. The second kappa shape index (κ2) is 5.33. The highest BCUT2D eigenvalue weighted by Gasteiger charge is 2.25. The molecule has 1 atom stereocenters. The lowest BCUT2D eigenvalue weighted by Crippen LogP contribution is -2.32. The maximum atomic E-state index is 8.55. The molecular weight excluding hydrogens is 152 g/mol. The van der Waals surface area contributed by atoms with Crippen LogP contribution in [0.1, 0.15) is 27.2 Å². The highest BCUT2D eigenvalue weighted by molar-refractivity contribution is 4.91. The lowest BCUT2D eigenvalue weighted by atomic mass is 9.89. The van der Waals surface area contributed by atoms with Crippen molar-refractivity contribution >= 4 is 0 Å². The van der Waals surface area contributed by atoms with E-state index in [9.17, 15) is 0 Å². The Morgan fingerprint density at radius 2 is 2.00 bits per heavy atom. The average Bonchev–Trinajstić information content (AvgIpc) is 2.04. The molecule has 0 amide bonds. The van der Waals surface area contributed by atoms with Gasteiger partial charge in [0.1, 0.15) is 0 Å². The van der Waals surface area contributed by atoms with E-state index < -0.39 is 0 Å². The molecule has 0 saturated heterocycles. The Kier molecular flexibility index (Phi) is 5.18. The minimum absolute atomic E-state index is 0.105. The summed E-state index contributed by atoms with van der Waals surface area (Å²) in [6, 6.07) is 0. The quantitative estimate of drug-likeness (QED) is 0.643. The van der Waals surface area contributed by atoms with E-state index in [2.05, 4.69) is 20.8 Å². The summed E-state index contributed by atoms with van der Waals surface area (Å²) in [5.41, 5.74) is -0.105. The Morgan fingerprint density at radius 1 is 1.42 bits per heavy atom. The molecule has 0 aliphatic rings. The largest absolute Gasteiger partial charge is 0.392 e. The highest BCUT2D eigenvalue weighted by atomic mass is 16.5. The number of hydrogen-bond acceptors (Lipinski definition) is 2. The molecular formula is C10H20O2. The van der Waals surface area contributed by atoms with Gasteiger partial charge < -0.3 is 9.84 Å². The molecule has 0 heterocycles. The van der Waals surface area contributed by atoms with Gasteiger partial charge in [-0.15, -0.1) is 0 Å². The van der Waals surface area contributed by atoms with Crippen LogP contribution in [0.15, 0.2) is 12.2 Å². The zero-order valence-corrected chi connectivity index (χ0v) is 8.50. The van der Waals surface area contributed by atoms with Gasteiger partial charge in [0, 0.05) is 7.11 Å². The fourth-order valence-corrected chi connectivity index (χ4v) is 0.947. The Labute approximate surface area is 75.2 Å². The van der Waals surface area contributed by atoms with E-state index in [1.54, 1.807) is 13.2 Å². The van der Waals surface area contributed by atoms with Gasteiger partial charge in [-0.05, 0) is 19.3 Å². The maximum absolute atomic E-state index is 8.55. The number of aliphatic hydroxyl groups is 1. The molecule has 0 rings (SSSR count). The predicted molar refractivity (Wildman–Crippen MR) is 51.1 cm³/mol. The number of ether oxygens (including phenoxy) is 1. The van der Waals surface area contributed by atoms with Gasteiger partial charge in [-0.3, -0.25) is 0 Å². The van der Waals surface area contributed by atoms with E-state index in [-0.39, 0.29) is 12.2 Å². The fourth-order valence-electron chi connectivity index (χ4n) is 0.947. The zero-order chi connectivity index (χ0) is 9.61. The van der Waals surface area contributed by atoms with E-state index >= 15 is 0 Å². The van der Waals surface area contributed by atoms with E-state index in [0.29, 0.717) is 5.92 Å². The van der Waals surface area contributed by atoms with Gasteiger partial charge >= 0.3 is 0 Å². The van der Waals surface area contributed by atoms with Crippen molar-refractivity contribution in [2.24, 2.45) is 5.92 Å². The first-order valence-corrected chi connectivity index (χ1v) is 4.38. The van der Waals surface area contributed by atoms with Crippen molar-refractivity contribution in [2.75, 3.05) is 13.7 Å². The maximum Gasteiger partial charge on any atom is 0.0707 e. The first-order chi connectivity index (χ1) is 5.56. The lowest BCUT2D eigenvalue weighted by molar-refractivity contribution is -0.0294. The lowest BCUT2D eigenvalue weighted by Gasteiger charge is -2.31. The number of aliphatic hydroxyl groups excluding tert-OH is 1. The van der Waals surface area contributed by atoms with Crippen LogP contribution in [-0.2, 0) is 4.74 Å². The summed E-state index contributed by atoms with van der Waals surface area (Å²) in [5.74, 6) is 0.478. The Bertz CT molecular complexity index is 141. The van der Waals surface area contributed by atoms with Crippen LogP contribution in [0.2, 0.25) is 0 Å². The molecule has 2 nitrogen and oxygen atoms in total. The predicted octanol–water partition coefficient (Wildman–Crippen LogP) is 1.99. The second-order valence-corrected chi connectivity index (χ2v) is 3.53. The van der Waals surface area contributed by atoms with E-state index in [1.165, 1.54) is 0 Å². The van der Waals surface area contributed by atoms with Crippen LogP contribution in [0.25, 0.3) is 0 Å². The van der Waals surface area contributed by atoms with Gasteiger partial charge in [-0.2, -0.15) is 0 Å². The third-order valence-electron chi connectivity index (χ3n) is 2.48. The fraction of sp³-hybridized carbons (Fsp3) is 0.800. The van der Waals surface area contributed by atoms with E-state index in [0.717, 1.165) is 6.42 Å². The van der Waals surface area contributed by atoms with Crippen LogP contribution in [-0.4, -0.2) is 24.4 Å². The molecule has 0 aliphatic heterocycles. The molecule has 1 N–H and O–H groups in total. The Morgan fingerprint density at radius 3 is 2.33 bits per heavy atom. The van der Waals surface area contributed by atoms with Crippen LogP contribution in [0.5, 0.6) is 0 Å². The van der Waals surface area contributed by atoms with E-state index in [4.69, 9.17) is 9.84 Å². The van der Waals surface area contributed by atoms with Gasteiger partial charge in [0.15, 0.2) is 0 Å². The minimum atomic E-state index is -0.105. The van der Waals surface area contributed by atoms with Gasteiger partial charge in [0.2, 0.25) is 0 Å². The topological polar surface area (TPSA) is 29.5 Å². The molecule has 0 spiro atoms. The van der Waals surface area contributed by atoms with Crippen molar-refractivity contribution in [2.45, 2.75) is 32.8 Å². The average molecular weight is 172 g/mol. The molecule has 0 fully saturated rings. The summed E-state index contributed by atoms with van der Waals surface area (Å²) in [6.45, 7) is 6.46. The van der Waals surface area contributed by atoms with Crippen molar-refractivity contribution in [1.29, 1.82) is 0 Å². The highest BCUT2D eigenvalue weighted by Crippen LogP contribution is 2.24. The summed E-state index contributed by atoms with van der Waals surface area (Å²) < 4.78 is 5.41. The molecule has 0 bridgehead atoms. The summed E-state index contributed by atoms with van der Waals surface area (Å²) >= 11 is 0. The second-order valence-electron chi connectivity index (χ2n) is 3.53. The third kappa shape index (κ3) is 3.37. The molecule has 72 valence electrons. The molecule has 0 aromatic carbocycles. The molecule has 0 aromatic rings. The van der Waals surface area contributed by atoms with Gasteiger partial charge in [-0.25, -0.2) is 0 Å². The van der Waals surface area contributed by atoms with Crippen molar-refractivity contribution < 1.29 is 9.84 Å². The summed E-state index contributed by atoms with van der Waals surface area (Å²) in [6.07, 6.45) is 4.56. The van der Waals surface area contributed by atoms with Crippen LogP contribution < -0.4 is 0 Å². The summed E-state index contributed by atoms with van der Waals surface area (Å²) in [4.78, 5) is 0. The number of rotatable bonds is 5. The minimum Gasteiger partial charge on any atom is -0.392 e. The number of methoxy groups -OCH3 is 1. The van der Waals surface area contributed by atoms with E-state index in [1.807, 2.05) is 6.08 Å². The monoisotopic (exact) mass is 172 g/mol. The summed E-state index contributed by atoms with van der Waals surface area (Å²) in [5, 5.41) is 8.55. The molecule has 0 radical (unpaired) electrons. The van der Waals surface area contributed by atoms with Crippen LogP contribution >= 0.6 is 0 Å². The van der Waals surface area contributed by atoms with Gasteiger partial charge in [0.25, 0.3) is 0 Å². The molecule has 2 heteroatoms. The van der Waals surface area contributed by atoms with Crippen LogP contribution in [0, 0.1) is 5.92 Å². The Balaban J connectivity index is 4.05. The zero-order valence-electron chi connectivity index (χ0n) is 8.50. The normalized spacial score (nSPS) is 17.2. The van der Waals surface area contributed by atoms with Crippen LogP contribution in [0.4, 0.5) is 0 Å². The molecule has 0 aliphatic carbocycles. The Hall–Kier alpha value is -0.340. The van der Waals surface area contributed by atoms with Crippen LogP contribution in [0.3, 0.4) is 0 Å².